The lowest BCUT2D eigenvalue weighted by Crippen LogP contribution is -2.08. The van der Waals surface area contributed by atoms with E-state index in [1.54, 1.807) is 0 Å². The summed E-state index contributed by atoms with van der Waals surface area (Å²) in [6.07, 6.45) is 6.67. The lowest BCUT2D eigenvalue weighted by molar-refractivity contribution is 0.118. The Morgan fingerprint density at radius 1 is 1.39 bits per heavy atom. The topological polar surface area (TPSA) is 38.0 Å². The van der Waals surface area contributed by atoms with Crippen molar-refractivity contribution in [1.82, 2.24) is 9.78 Å². The van der Waals surface area contributed by atoms with E-state index in [1.807, 2.05) is 30.1 Å². The Balaban J connectivity index is 1.66. The highest BCUT2D eigenvalue weighted by Crippen LogP contribution is 2.38. The second-order valence-electron chi connectivity index (χ2n) is 5.17. The minimum atomic E-state index is -0.294. The first-order chi connectivity index (χ1) is 8.74. The summed E-state index contributed by atoms with van der Waals surface area (Å²) in [5.74, 6) is 0.350. The molecular formula is C15H18N2O. The van der Waals surface area contributed by atoms with Crippen molar-refractivity contribution in [2.45, 2.75) is 25.4 Å². The van der Waals surface area contributed by atoms with Gasteiger partial charge in [-0.15, -0.1) is 0 Å². The maximum Gasteiger partial charge on any atom is 0.0824 e. The summed E-state index contributed by atoms with van der Waals surface area (Å²) >= 11 is 0. The molecule has 94 valence electrons. The number of hydrogen-bond acceptors (Lipinski definition) is 2. The first-order valence-electron chi connectivity index (χ1n) is 6.47. The molecule has 18 heavy (non-hydrogen) atoms. The summed E-state index contributed by atoms with van der Waals surface area (Å²) in [6.45, 7) is 0. The van der Waals surface area contributed by atoms with Crippen LogP contribution in [-0.4, -0.2) is 14.9 Å². The lowest BCUT2D eigenvalue weighted by atomic mass is 9.96. The molecule has 0 saturated heterocycles. The first kappa shape index (κ1) is 11.5. The zero-order valence-electron chi connectivity index (χ0n) is 10.6. The molecule has 2 aromatic rings. The molecule has 0 fully saturated rings. The lowest BCUT2D eigenvalue weighted by Gasteiger charge is -2.14. The van der Waals surface area contributed by atoms with Crippen LogP contribution in [0, 0.1) is 5.92 Å². The van der Waals surface area contributed by atoms with Gasteiger partial charge < -0.3 is 5.11 Å². The second kappa shape index (κ2) is 4.58. The van der Waals surface area contributed by atoms with E-state index in [9.17, 15) is 5.11 Å². The van der Waals surface area contributed by atoms with Crippen LogP contribution in [0.25, 0.3) is 0 Å². The van der Waals surface area contributed by atoms with E-state index in [4.69, 9.17) is 0 Å². The monoisotopic (exact) mass is 242 g/mol. The third kappa shape index (κ3) is 2.06. The number of aliphatic hydroxyl groups excluding tert-OH is 1. The minimum Gasteiger partial charge on any atom is -0.388 e. The van der Waals surface area contributed by atoms with Crippen molar-refractivity contribution >= 4 is 0 Å². The third-order valence-electron chi connectivity index (χ3n) is 3.86. The molecule has 3 heteroatoms. The van der Waals surface area contributed by atoms with Crippen LogP contribution >= 0.6 is 0 Å². The second-order valence-corrected chi connectivity index (χ2v) is 5.17. The van der Waals surface area contributed by atoms with E-state index < -0.39 is 0 Å². The molecule has 2 unspecified atom stereocenters. The van der Waals surface area contributed by atoms with E-state index in [-0.39, 0.29) is 6.10 Å². The third-order valence-corrected chi connectivity index (χ3v) is 3.86. The fraction of sp³-hybridized carbons (Fsp3) is 0.400. The van der Waals surface area contributed by atoms with Gasteiger partial charge in [-0.1, -0.05) is 24.3 Å². The molecule has 2 atom stereocenters. The molecule has 1 aromatic heterocycles. The van der Waals surface area contributed by atoms with E-state index in [0.29, 0.717) is 5.92 Å². The van der Waals surface area contributed by atoms with Gasteiger partial charge in [0.1, 0.15) is 0 Å². The number of aromatic nitrogens is 2. The van der Waals surface area contributed by atoms with Gasteiger partial charge >= 0.3 is 0 Å². The highest BCUT2D eigenvalue weighted by molar-refractivity contribution is 5.34. The summed E-state index contributed by atoms with van der Waals surface area (Å²) < 4.78 is 1.83. The predicted molar refractivity (Wildman–Crippen MR) is 70.1 cm³/mol. The maximum atomic E-state index is 10.3. The van der Waals surface area contributed by atoms with Crippen LogP contribution < -0.4 is 0 Å². The SMILES string of the molecule is Cn1cc(CCC2Cc3ccccc3C2O)cn1. The minimum absolute atomic E-state index is 0.294. The van der Waals surface area contributed by atoms with Crippen molar-refractivity contribution < 1.29 is 5.11 Å². The fourth-order valence-electron chi connectivity index (χ4n) is 2.87. The van der Waals surface area contributed by atoms with Gasteiger partial charge in [-0.2, -0.15) is 5.10 Å². The van der Waals surface area contributed by atoms with Crippen LogP contribution in [0.1, 0.15) is 29.2 Å². The Morgan fingerprint density at radius 3 is 2.94 bits per heavy atom. The number of rotatable bonds is 3. The maximum absolute atomic E-state index is 10.3. The fourth-order valence-corrected chi connectivity index (χ4v) is 2.87. The van der Waals surface area contributed by atoms with E-state index in [2.05, 4.69) is 23.4 Å². The summed E-state index contributed by atoms with van der Waals surface area (Å²) in [7, 11) is 1.93. The largest absolute Gasteiger partial charge is 0.388 e. The molecule has 0 aliphatic heterocycles. The van der Waals surface area contributed by atoms with E-state index >= 15 is 0 Å². The van der Waals surface area contributed by atoms with Crippen molar-refractivity contribution in [3.05, 3.63) is 53.3 Å². The molecule has 1 N–H and O–H groups in total. The van der Waals surface area contributed by atoms with E-state index in [1.165, 1.54) is 11.1 Å². The van der Waals surface area contributed by atoms with Crippen LogP contribution in [0.15, 0.2) is 36.7 Å². The molecule has 0 spiro atoms. The molecule has 0 amide bonds. The molecule has 1 aliphatic carbocycles. The van der Waals surface area contributed by atoms with Crippen LogP contribution in [0.2, 0.25) is 0 Å². The normalized spacial score (nSPS) is 22.1. The molecule has 3 rings (SSSR count). The van der Waals surface area contributed by atoms with Gasteiger partial charge in [-0.3, -0.25) is 4.68 Å². The Hall–Kier alpha value is -1.61. The van der Waals surface area contributed by atoms with Gasteiger partial charge in [0.2, 0.25) is 0 Å². The van der Waals surface area contributed by atoms with Gasteiger partial charge in [0.05, 0.1) is 12.3 Å². The number of nitrogens with zero attached hydrogens (tertiary/aromatic N) is 2. The van der Waals surface area contributed by atoms with Crippen molar-refractivity contribution in [3.8, 4) is 0 Å². The standard InChI is InChI=1S/C15H18N2O/c1-17-10-11(9-16-17)6-7-13-8-12-4-2-3-5-14(12)15(13)18/h2-5,9-10,13,15,18H,6-8H2,1H3. The first-order valence-corrected chi connectivity index (χ1v) is 6.47. The average Bonchev–Trinajstić information content (AvgIpc) is 2.92. The molecule has 0 saturated carbocycles. The van der Waals surface area contributed by atoms with Crippen molar-refractivity contribution in [1.29, 1.82) is 0 Å². The Labute approximate surface area is 107 Å². The summed E-state index contributed by atoms with van der Waals surface area (Å²) in [6, 6.07) is 8.23. The van der Waals surface area contributed by atoms with E-state index in [0.717, 1.165) is 24.8 Å². The van der Waals surface area contributed by atoms with Crippen LogP contribution in [-0.2, 0) is 19.9 Å². The molecule has 1 aliphatic rings. The van der Waals surface area contributed by atoms with Crippen molar-refractivity contribution in [2.75, 3.05) is 0 Å². The predicted octanol–water partition coefficient (Wildman–Crippen LogP) is 2.26. The van der Waals surface area contributed by atoms with Crippen LogP contribution in [0.5, 0.6) is 0 Å². The molecule has 1 heterocycles. The number of benzene rings is 1. The molecule has 1 aromatic carbocycles. The molecule has 0 radical (unpaired) electrons. The van der Waals surface area contributed by atoms with Gasteiger partial charge in [0.15, 0.2) is 0 Å². The van der Waals surface area contributed by atoms with Crippen molar-refractivity contribution in [3.63, 3.8) is 0 Å². The van der Waals surface area contributed by atoms with Crippen LogP contribution in [0.3, 0.4) is 0 Å². The number of hydrogen-bond donors (Lipinski definition) is 1. The summed E-state index contributed by atoms with van der Waals surface area (Å²) in [4.78, 5) is 0. The zero-order chi connectivity index (χ0) is 12.5. The Morgan fingerprint density at radius 2 is 2.22 bits per heavy atom. The van der Waals surface area contributed by atoms with Gasteiger partial charge in [-0.05, 0) is 41.9 Å². The number of fused-ring (bicyclic) bond motifs is 1. The van der Waals surface area contributed by atoms with Crippen molar-refractivity contribution in [2.24, 2.45) is 13.0 Å². The molecule has 0 bridgehead atoms. The zero-order valence-corrected chi connectivity index (χ0v) is 10.6. The van der Waals surface area contributed by atoms with Gasteiger partial charge in [0, 0.05) is 13.2 Å². The number of aryl methyl sites for hydroxylation is 2. The smallest absolute Gasteiger partial charge is 0.0824 e. The highest BCUT2D eigenvalue weighted by Gasteiger charge is 2.29. The quantitative estimate of drug-likeness (QED) is 0.896. The molecule has 3 nitrogen and oxygen atoms in total. The Bertz CT molecular complexity index is 547. The van der Waals surface area contributed by atoms with Gasteiger partial charge in [-0.25, -0.2) is 0 Å². The summed E-state index contributed by atoms with van der Waals surface area (Å²) in [5.41, 5.74) is 3.68. The van der Waals surface area contributed by atoms with Crippen LogP contribution in [0.4, 0.5) is 0 Å². The average molecular weight is 242 g/mol. The Kier molecular flexibility index (Phi) is 2.92. The van der Waals surface area contributed by atoms with Gasteiger partial charge in [0.25, 0.3) is 0 Å². The highest BCUT2D eigenvalue weighted by atomic mass is 16.3. The summed E-state index contributed by atoms with van der Waals surface area (Å²) in [5, 5.41) is 14.5. The number of aliphatic hydroxyl groups is 1. The molecular weight excluding hydrogens is 224 g/mol.